The molecule has 0 bridgehead atoms. The number of anilines is 2. The van der Waals surface area contributed by atoms with Crippen LogP contribution in [0.1, 0.15) is 17.3 Å². The topological polar surface area (TPSA) is 75.3 Å². The Morgan fingerprint density at radius 2 is 1.68 bits per heavy atom. The van der Waals surface area contributed by atoms with E-state index in [0.29, 0.717) is 0 Å². The predicted octanol–water partition coefficient (Wildman–Crippen LogP) is 3.66. The van der Waals surface area contributed by atoms with E-state index in [4.69, 9.17) is 0 Å². The molecule has 0 aromatic heterocycles. The first-order chi connectivity index (χ1) is 11.6. The Labute approximate surface area is 142 Å². The van der Waals surface area contributed by atoms with Crippen LogP contribution < -0.4 is 10.0 Å². The van der Waals surface area contributed by atoms with E-state index in [0.717, 1.165) is 0 Å². The van der Waals surface area contributed by atoms with E-state index in [1.54, 1.807) is 0 Å². The van der Waals surface area contributed by atoms with Crippen molar-refractivity contribution < 1.29 is 26.4 Å². The summed E-state index contributed by atoms with van der Waals surface area (Å²) >= 11 is 0. The number of ketones is 1. The Hall–Kier alpha value is -2.55. The molecule has 0 fully saturated rings. The van der Waals surface area contributed by atoms with Gasteiger partial charge in [0.25, 0.3) is 10.0 Å². The number of hydrogen-bond acceptors (Lipinski definition) is 4. The van der Waals surface area contributed by atoms with Crippen molar-refractivity contribution in [1.82, 2.24) is 0 Å². The van der Waals surface area contributed by atoms with Crippen LogP contribution in [0.5, 0.6) is 0 Å². The van der Waals surface area contributed by atoms with Crippen molar-refractivity contribution in [1.29, 1.82) is 0 Å². The van der Waals surface area contributed by atoms with Crippen molar-refractivity contribution in [3.8, 4) is 0 Å². The molecule has 0 atom stereocenters. The van der Waals surface area contributed by atoms with Gasteiger partial charge in [0.05, 0.1) is 16.3 Å². The third-order valence-electron chi connectivity index (χ3n) is 3.20. The van der Waals surface area contributed by atoms with Crippen LogP contribution in [0, 0.1) is 0 Å². The number of para-hydroxylation sites is 2. The number of Topliss-reactive ketones (excluding diaryl/α,β-unsaturated/α-hetero) is 1. The van der Waals surface area contributed by atoms with Crippen LogP contribution in [0.4, 0.5) is 24.5 Å². The van der Waals surface area contributed by atoms with Crippen LogP contribution in [0.3, 0.4) is 0 Å². The number of carbonyl (C=O) groups excluding carboxylic acids is 1. The number of nitrogens with one attached hydrogen (secondary N) is 2. The summed E-state index contributed by atoms with van der Waals surface area (Å²) in [4.78, 5) is 11.2. The standard InChI is InChI=1S/C16H15F3N2O3S/c1-11(22)12-5-4-6-13(9-12)25(23,24)21-15-8-3-2-7-14(15)20-10-16(17,18)19/h2-9,20-21H,10H2,1H3. The molecule has 9 heteroatoms. The summed E-state index contributed by atoms with van der Waals surface area (Å²) in [5, 5.41) is 2.15. The van der Waals surface area contributed by atoms with Gasteiger partial charge in [0.1, 0.15) is 6.54 Å². The minimum absolute atomic E-state index is 0.00822. The molecule has 2 N–H and O–H groups in total. The summed E-state index contributed by atoms with van der Waals surface area (Å²) in [6.45, 7) is 0.00107. The van der Waals surface area contributed by atoms with E-state index in [1.165, 1.54) is 55.5 Å². The van der Waals surface area contributed by atoms with Gasteiger partial charge in [-0.1, -0.05) is 24.3 Å². The zero-order valence-corrected chi connectivity index (χ0v) is 13.9. The summed E-state index contributed by atoms with van der Waals surface area (Å²) in [5.41, 5.74) is 0.178. The van der Waals surface area contributed by atoms with Gasteiger partial charge in [-0.15, -0.1) is 0 Å². The van der Waals surface area contributed by atoms with Crippen LogP contribution in [0.15, 0.2) is 53.4 Å². The van der Waals surface area contributed by atoms with Gasteiger partial charge >= 0.3 is 6.18 Å². The monoisotopic (exact) mass is 372 g/mol. The second kappa shape index (κ2) is 7.14. The van der Waals surface area contributed by atoms with Crippen molar-refractivity contribution in [2.45, 2.75) is 18.0 Å². The fourth-order valence-corrected chi connectivity index (χ4v) is 3.13. The molecule has 0 aliphatic rings. The molecule has 0 radical (unpaired) electrons. The summed E-state index contributed by atoms with van der Waals surface area (Å²) in [7, 11) is -4.07. The van der Waals surface area contributed by atoms with Gasteiger partial charge < -0.3 is 5.32 Å². The van der Waals surface area contributed by atoms with Crippen molar-refractivity contribution in [2.75, 3.05) is 16.6 Å². The molecule has 2 rings (SSSR count). The van der Waals surface area contributed by atoms with Gasteiger partial charge in [0, 0.05) is 5.56 Å². The highest BCUT2D eigenvalue weighted by atomic mass is 32.2. The zero-order valence-electron chi connectivity index (χ0n) is 13.1. The minimum Gasteiger partial charge on any atom is -0.375 e. The molecule has 134 valence electrons. The second-order valence-corrected chi connectivity index (χ2v) is 6.89. The van der Waals surface area contributed by atoms with Gasteiger partial charge in [-0.25, -0.2) is 8.42 Å². The van der Waals surface area contributed by atoms with E-state index in [2.05, 4.69) is 10.0 Å². The van der Waals surface area contributed by atoms with Crippen LogP contribution in [0.25, 0.3) is 0 Å². The quantitative estimate of drug-likeness (QED) is 0.759. The lowest BCUT2D eigenvalue weighted by Crippen LogP contribution is -2.22. The lowest BCUT2D eigenvalue weighted by atomic mass is 10.2. The van der Waals surface area contributed by atoms with Crippen LogP contribution in [-0.4, -0.2) is 26.9 Å². The molecule has 2 aromatic carbocycles. The Kier molecular flexibility index (Phi) is 5.36. The molecule has 25 heavy (non-hydrogen) atoms. The number of halogens is 3. The Balaban J connectivity index is 2.29. The SMILES string of the molecule is CC(=O)c1cccc(S(=O)(=O)Nc2ccccc2NCC(F)(F)F)c1. The number of alkyl halides is 3. The molecule has 0 aliphatic carbocycles. The highest BCUT2D eigenvalue weighted by Crippen LogP contribution is 2.26. The molecule has 2 aromatic rings. The van der Waals surface area contributed by atoms with Gasteiger partial charge in [0.2, 0.25) is 0 Å². The largest absolute Gasteiger partial charge is 0.405 e. The normalized spacial score (nSPS) is 11.8. The van der Waals surface area contributed by atoms with Crippen molar-refractivity contribution in [3.05, 3.63) is 54.1 Å². The van der Waals surface area contributed by atoms with Crippen molar-refractivity contribution in [2.24, 2.45) is 0 Å². The first kappa shape index (κ1) is 18.8. The molecule has 0 saturated heterocycles. The molecular formula is C16H15F3N2O3S. The van der Waals surface area contributed by atoms with Gasteiger partial charge in [-0.2, -0.15) is 13.2 Å². The predicted molar refractivity (Wildman–Crippen MR) is 88.2 cm³/mol. The van der Waals surface area contributed by atoms with E-state index in [9.17, 15) is 26.4 Å². The number of hydrogen-bond donors (Lipinski definition) is 2. The first-order valence-corrected chi connectivity index (χ1v) is 8.60. The maximum absolute atomic E-state index is 12.5. The molecule has 0 aliphatic heterocycles. The number of rotatable bonds is 6. The summed E-state index contributed by atoms with van der Waals surface area (Å²) in [6.07, 6.45) is -4.44. The van der Waals surface area contributed by atoms with Gasteiger partial charge in [-0.05, 0) is 31.2 Å². The summed E-state index contributed by atoms with van der Waals surface area (Å²) in [5.74, 6) is -0.302. The zero-order chi connectivity index (χ0) is 18.7. The lowest BCUT2D eigenvalue weighted by molar-refractivity contribution is -0.115. The fraction of sp³-hybridized carbons (Fsp3) is 0.188. The average Bonchev–Trinajstić information content (AvgIpc) is 2.53. The van der Waals surface area contributed by atoms with Crippen LogP contribution in [-0.2, 0) is 10.0 Å². The molecule has 0 heterocycles. The van der Waals surface area contributed by atoms with Crippen LogP contribution in [0.2, 0.25) is 0 Å². The summed E-state index contributed by atoms with van der Waals surface area (Å²) < 4.78 is 64.2. The Morgan fingerprint density at radius 3 is 2.28 bits per heavy atom. The Morgan fingerprint density at radius 1 is 1.04 bits per heavy atom. The summed E-state index contributed by atoms with van der Waals surface area (Å²) in [6, 6.07) is 11.0. The maximum Gasteiger partial charge on any atom is 0.405 e. The van der Waals surface area contributed by atoms with Crippen molar-refractivity contribution >= 4 is 27.2 Å². The molecule has 0 saturated carbocycles. The van der Waals surface area contributed by atoms with Gasteiger partial charge in [0.15, 0.2) is 5.78 Å². The van der Waals surface area contributed by atoms with E-state index in [-0.39, 0.29) is 27.6 Å². The fourth-order valence-electron chi connectivity index (χ4n) is 2.01. The Bertz CT molecular complexity index is 880. The smallest absolute Gasteiger partial charge is 0.375 e. The third-order valence-corrected chi connectivity index (χ3v) is 4.56. The number of sulfonamides is 1. The van der Waals surface area contributed by atoms with E-state index >= 15 is 0 Å². The second-order valence-electron chi connectivity index (χ2n) is 5.20. The average molecular weight is 372 g/mol. The number of benzene rings is 2. The third kappa shape index (κ3) is 5.21. The van der Waals surface area contributed by atoms with Crippen molar-refractivity contribution in [3.63, 3.8) is 0 Å². The minimum atomic E-state index is -4.44. The lowest BCUT2D eigenvalue weighted by Gasteiger charge is -2.15. The maximum atomic E-state index is 12.5. The van der Waals surface area contributed by atoms with E-state index in [1.807, 2.05) is 0 Å². The molecule has 0 spiro atoms. The number of carbonyl (C=O) groups is 1. The molecule has 0 unspecified atom stereocenters. The highest BCUT2D eigenvalue weighted by molar-refractivity contribution is 7.92. The van der Waals surface area contributed by atoms with Gasteiger partial charge in [-0.3, -0.25) is 9.52 Å². The molecule has 0 amide bonds. The highest BCUT2D eigenvalue weighted by Gasteiger charge is 2.27. The molecular weight excluding hydrogens is 357 g/mol. The van der Waals surface area contributed by atoms with Crippen LogP contribution >= 0.6 is 0 Å². The first-order valence-electron chi connectivity index (χ1n) is 7.12. The van der Waals surface area contributed by atoms with E-state index < -0.39 is 22.7 Å². The molecule has 5 nitrogen and oxygen atoms in total.